The molecule has 15 heteroatoms. The highest BCUT2D eigenvalue weighted by atomic mass is 19.4. The van der Waals surface area contributed by atoms with E-state index >= 15 is 0 Å². The third kappa shape index (κ3) is 8.28. The van der Waals surface area contributed by atoms with Gasteiger partial charge in [0.25, 0.3) is 0 Å². The number of nitrogens with zero attached hydrogens (tertiary/aromatic N) is 3. The molecule has 0 fully saturated rings. The summed E-state index contributed by atoms with van der Waals surface area (Å²) in [6.07, 6.45) is -8.73. The van der Waals surface area contributed by atoms with Gasteiger partial charge in [-0.15, -0.1) is 0 Å². The monoisotopic (exact) mass is 657 g/mol. The average Bonchev–Trinajstić information content (AvgIpc) is 3.39. The van der Waals surface area contributed by atoms with E-state index in [0.717, 1.165) is 0 Å². The fraction of sp³-hybridized carbons (Fsp3) is 0.125. The Kier molecular flexibility index (Phi) is 8.96. The predicted octanol–water partition coefficient (Wildman–Crippen LogP) is 7.44. The van der Waals surface area contributed by atoms with Gasteiger partial charge in [0.2, 0.25) is 0 Å². The lowest BCUT2D eigenvalue weighted by Gasteiger charge is -2.11. The first-order valence-corrected chi connectivity index (χ1v) is 13.4. The highest BCUT2D eigenvalue weighted by molar-refractivity contribution is 5.99. The summed E-state index contributed by atoms with van der Waals surface area (Å²) < 4.78 is 107. The molecule has 240 valence electrons. The second-order valence-corrected chi connectivity index (χ2v) is 10.1. The molecule has 5 rings (SSSR count). The van der Waals surface area contributed by atoms with Gasteiger partial charge in [-0.05, 0) is 77.7 Å². The number of carbonyl (C=O) groups excluding carboxylic acids is 2. The number of aromatic nitrogens is 3. The quantitative estimate of drug-likeness (QED) is 0.147. The molecule has 0 aliphatic heterocycles. The lowest BCUT2D eigenvalue weighted by Crippen LogP contribution is -2.21. The Morgan fingerprint density at radius 2 is 1.40 bits per heavy atom. The van der Waals surface area contributed by atoms with Gasteiger partial charge in [-0.3, -0.25) is 10.1 Å². The Morgan fingerprint density at radius 1 is 0.745 bits per heavy atom. The number of urea groups is 1. The summed E-state index contributed by atoms with van der Waals surface area (Å²) in [5.41, 5.74) is -1.54. The van der Waals surface area contributed by atoms with Crippen LogP contribution in [0.4, 0.5) is 51.4 Å². The molecule has 7 nitrogen and oxygen atoms in total. The molecule has 0 radical (unpaired) electrons. The summed E-state index contributed by atoms with van der Waals surface area (Å²) >= 11 is 0. The molecule has 2 aromatic heterocycles. The van der Waals surface area contributed by atoms with Crippen LogP contribution in [0, 0.1) is 23.5 Å². The normalized spacial score (nSPS) is 11.6. The number of ketones is 1. The van der Waals surface area contributed by atoms with Gasteiger partial charge in [0, 0.05) is 18.4 Å². The van der Waals surface area contributed by atoms with Crippen molar-refractivity contribution >= 4 is 29.0 Å². The molecule has 0 saturated carbocycles. The minimum Gasteiger partial charge on any atom is -0.305 e. The van der Waals surface area contributed by atoms with Gasteiger partial charge in [0.1, 0.15) is 23.1 Å². The average molecular weight is 658 g/mol. The van der Waals surface area contributed by atoms with Gasteiger partial charge in [-0.1, -0.05) is 18.1 Å². The highest BCUT2D eigenvalue weighted by Gasteiger charge is 2.32. The Hall–Kier alpha value is -5.78. The van der Waals surface area contributed by atoms with E-state index < -0.39 is 59.0 Å². The Labute approximate surface area is 260 Å². The fourth-order valence-electron chi connectivity index (χ4n) is 4.31. The van der Waals surface area contributed by atoms with Crippen LogP contribution < -0.4 is 10.6 Å². The number of rotatable bonds is 6. The molecule has 0 atom stereocenters. The largest absolute Gasteiger partial charge is 0.416 e. The number of amides is 2. The number of benzene rings is 3. The van der Waals surface area contributed by atoms with Crippen LogP contribution in [-0.4, -0.2) is 26.4 Å². The van der Waals surface area contributed by atoms with Crippen LogP contribution in [0.1, 0.15) is 33.5 Å². The molecule has 2 amide bonds. The van der Waals surface area contributed by atoms with E-state index in [4.69, 9.17) is 0 Å². The molecule has 0 spiro atoms. The van der Waals surface area contributed by atoms with Crippen molar-refractivity contribution in [3.63, 3.8) is 0 Å². The number of anilines is 2. The number of Topliss-reactive ketones (excluding diaryl/α,β-unsaturated/α-hetero) is 1. The van der Waals surface area contributed by atoms with Gasteiger partial charge < -0.3 is 5.32 Å². The number of hydrogen-bond donors (Lipinski definition) is 2. The zero-order valence-electron chi connectivity index (χ0n) is 23.6. The number of imidazole rings is 1. The van der Waals surface area contributed by atoms with Gasteiger partial charge in [0.15, 0.2) is 11.5 Å². The van der Waals surface area contributed by atoms with E-state index in [9.17, 15) is 44.7 Å². The summed E-state index contributed by atoms with van der Waals surface area (Å²) in [7, 11) is 0. The second kappa shape index (κ2) is 12.9. The van der Waals surface area contributed by atoms with Crippen molar-refractivity contribution in [2.75, 3.05) is 10.6 Å². The van der Waals surface area contributed by atoms with Crippen molar-refractivity contribution < 1.29 is 44.7 Å². The van der Waals surface area contributed by atoms with Crippen LogP contribution in [0.3, 0.4) is 0 Å². The van der Waals surface area contributed by atoms with E-state index in [1.807, 2.05) is 5.32 Å². The van der Waals surface area contributed by atoms with Crippen molar-refractivity contribution in [3.05, 3.63) is 124 Å². The lowest BCUT2D eigenvalue weighted by molar-refractivity contribution is -0.138. The molecule has 0 bridgehead atoms. The third-order valence-corrected chi connectivity index (χ3v) is 6.55. The van der Waals surface area contributed by atoms with E-state index in [2.05, 4.69) is 27.2 Å². The molecular formula is C32H19F8N5O2. The van der Waals surface area contributed by atoms with Crippen molar-refractivity contribution in [1.29, 1.82) is 0 Å². The first-order chi connectivity index (χ1) is 22.1. The zero-order valence-corrected chi connectivity index (χ0v) is 23.6. The van der Waals surface area contributed by atoms with Gasteiger partial charge in [-0.25, -0.2) is 23.1 Å². The number of carbonyl (C=O) groups is 2. The lowest BCUT2D eigenvalue weighted by atomic mass is 10.00. The first-order valence-electron chi connectivity index (χ1n) is 13.4. The highest BCUT2D eigenvalue weighted by Crippen LogP contribution is 2.32. The zero-order chi connectivity index (χ0) is 33.9. The molecule has 47 heavy (non-hydrogen) atoms. The van der Waals surface area contributed by atoms with Crippen LogP contribution in [0.15, 0.2) is 79.0 Å². The molecular weight excluding hydrogens is 638 g/mol. The van der Waals surface area contributed by atoms with E-state index in [0.29, 0.717) is 53.2 Å². The van der Waals surface area contributed by atoms with Crippen molar-refractivity contribution in [3.8, 4) is 11.8 Å². The van der Waals surface area contributed by atoms with E-state index in [1.165, 1.54) is 22.8 Å². The number of nitrogens with one attached hydrogen (secondary N) is 2. The second-order valence-electron chi connectivity index (χ2n) is 10.1. The molecule has 0 aliphatic carbocycles. The topological polar surface area (TPSA) is 88.4 Å². The van der Waals surface area contributed by atoms with Crippen molar-refractivity contribution in [2.24, 2.45) is 0 Å². The molecule has 3 aromatic carbocycles. The molecule has 2 N–H and O–H groups in total. The maximum Gasteiger partial charge on any atom is 0.416 e. The van der Waals surface area contributed by atoms with Crippen LogP contribution in [-0.2, 0) is 30.0 Å². The SMILES string of the molecule is O=C(Cc1ccc(C#Cc2ccc3nc(NC(=O)Nc4cc(C(F)(F)F)ccc4F)cn3n2)cc1)Cc1cc(C(F)(F)F)ccc1F. The maximum atomic E-state index is 14.0. The van der Waals surface area contributed by atoms with Crippen LogP contribution in [0.2, 0.25) is 0 Å². The number of halogens is 8. The van der Waals surface area contributed by atoms with Crippen LogP contribution in [0.5, 0.6) is 0 Å². The number of hydrogen-bond acceptors (Lipinski definition) is 4. The van der Waals surface area contributed by atoms with Gasteiger partial charge >= 0.3 is 18.4 Å². The maximum absolute atomic E-state index is 14.0. The third-order valence-electron chi connectivity index (χ3n) is 6.55. The van der Waals surface area contributed by atoms with Crippen LogP contribution >= 0.6 is 0 Å². The van der Waals surface area contributed by atoms with Gasteiger partial charge in [0.05, 0.1) is 23.0 Å². The molecule has 0 saturated heterocycles. The van der Waals surface area contributed by atoms with E-state index in [1.54, 1.807) is 24.3 Å². The Balaban J connectivity index is 1.20. The summed E-state index contributed by atoms with van der Waals surface area (Å²) in [6.45, 7) is 0. The van der Waals surface area contributed by atoms with Crippen LogP contribution in [0.25, 0.3) is 5.65 Å². The molecule has 0 aliphatic rings. The fourth-order valence-corrected chi connectivity index (χ4v) is 4.31. The first kappa shape index (κ1) is 32.6. The molecule has 0 unspecified atom stereocenters. The summed E-state index contributed by atoms with van der Waals surface area (Å²) in [6, 6.07) is 12.0. The Morgan fingerprint density at radius 3 is 2.09 bits per heavy atom. The Bertz CT molecular complexity index is 2040. The summed E-state index contributed by atoms with van der Waals surface area (Å²) in [5.74, 6) is 3.23. The minimum absolute atomic E-state index is 0.0339. The summed E-state index contributed by atoms with van der Waals surface area (Å²) in [5, 5.41) is 8.56. The minimum atomic E-state index is -4.73. The van der Waals surface area contributed by atoms with Crippen molar-refractivity contribution in [1.82, 2.24) is 14.6 Å². The van der Waals surface area contributed by atoms with E-state index in [-0.39, 0.29) is 23.4 Å². The standard InChI is InChI=1S/C32H19F8N5O2/c33-25-10-6-21(31(35,36)37)14-20(25)15-24(46)13-19-3-1-18(2-4-19)5-8-23-9-12-29-42-28(17-45(29)44-23)43-30(47)41-27-16-22(32(38,39)40)7-11-26(27)34/h1-4,6-7,9-12,14,16-17H,13,15H2,(H2,41,43,47). The van der Waals surface area contributed by atoms with Gasteiger partial charge in [-0.2, -0.15) is 31.4 Å². The number of fused-ring (bicyclic) bond motifs is 1. The molecule has 5 aromatic rings. The smallest absolute Gasteiger partial charge is 0.305 e. The summed E-state index contributed by atoms with van der Waals surface area (Å²) in [4.78, 5) is 28.8. The van der Waals surface area contributed by atoms with Crippen molar-refractivity contribution in [2.45, 2.75) is 25.2 Å². The number of alkyl halides is 6. The predicted molar refractivity (Wildman–Crippen MR) is 153 cm³/mol. The molecule has 2 heterocycles.